The monoisotopic (exact) mass is 410 g/mol. The summed E-state index contributed by atoms with van der Waals surface area (Å²) in [5.41, 5.74) is 8.26. The third-order valence-corrected chi connectivity index (χ3v) is 5.16. The molecule has 1 atom stereocenters. The highest BCUT2D eigenvalue weighted by Crippen LogP contribution is 2.47. The highest BCUT2D eigenvalue weighted by Gasteiger charge is 2.32. The summed E-state index contributed by atoms with van der Waals surface area (Å²) in [4.78, 5) is 0. The number of hydrogen-bond acceptors (Lipinski definition) is 3. The summed E-state index contributed by atoms with van der Waals surface area (Å²) in [6.07, 6.45) is 0. The summed E-state index contributed by atoms with van der Waals surface area (Å²) in [5.74, 6) is 0.460. The van der Waals surface area contributed by atoms with E-state index in [4.69, 9.17) is 22.1 Å². The van der Waals surface area contributed by atoms with E-state index in [0.29, 0.717) is 16.3 Å². The first-order valence-electron chi connectivity index (χ1n) is 7.64. The quantitative estimate of drug-likeness (QED) is 0.577. The summed E-state index contributed by atoms with van der Waals surface area (Å²) in [5, 5.41) is 12.1. The van der Waals surface area contributed by atoms with E-state index in [-0.39, 0.29) is 11.8 Å². The smallest absolute Gasteiger partial charge is 0.205 e. The molecule has 4 rings (SSSR count). The molecule has 5 heteroatoms. The van der Waals surface area contributed by atoms with E-state index < -0.39 is 0 Å². The van der Waals surface area contributed by atoms with Crippen LogP contribution < -0.4 is 10.5 Å². The van der Waals surface area contributed by atoms with Crippen LogP contribution in [0, 0.1) is 11.3 Å². The highest BCUT2D eigenvalue weighted by atomic mass is 79.9. The predicted octanol–water partition coefficient (Wildman–Crippen LogP) is 5.47. The van der Waals surface area contributed by atoms with Crippen LogP contribution >= 0.6 is 27.5 Å². The molecule has 0 aliphatic carbocycles. The average Bonchev–Trinajstić information content (AvgIpc) is 2.62. The van der Waals surface area contributed by atoms with Crippen LogP contribution in [0.3, 0.4) is 0 Å². The van der Waals surface area contributed by atoms with E-state index in [0.717, 1.165) is 26.4 Å². The molecule has 0 aromatic heterocycles. The van der Waals surface area contributed by atoms with Crippen molar-refractivity contribution in [1.29, 1.82) is 5.26 Å². The molecule has 3 nitrogen and oxygen atoms in total. The van der Waals surface area contributed by atoms with Gasteiger partial charge >= 0.3 is 0 Å². The van der Waals surface area contributed by atoms with Gasteiger partial charge in [0.1, 0.15) is 17.4 Å². The standard InChI is InChI=1S/C20H12BrClN2O/c21-12-5-3-4-11(8-12)18-15-9-17(22)13-6-1-2-7-14(13)19(15)25-20(24)16(18)10-23/h1-9,18H,24H2. The van der Waals surface area contributed by atoms with Crippen LogP contribution in [-0.2, 0) is 0 Å². The van der Waals surface area contributed by atoms with Crippen molar-refractivity contribution in [2.24, 2.45) is 5.73 Å². The molecule has 0 spiro atoms. The number of nitriles is 1. The molecule has 0 saturated carbocycles. The molecular formula is C20H12BrClN2O. The molecule has 3 aromatic carbocycles. The highest BCUT2D eigenvalue weighted by molar-refractivity contribution is 9.10. The second-order valence-corrected chi connectivity index (χ2v) is 7.13. The Bertz CT molecular complexity index is 1080. The van der Waals surface area contributed by atoms with Crippen molar-refractivity contribution in [2.75, 3.05) is 0 Å². The van der Waals surface area contributed by atoms with Gasteiger partial charge in [-0.2, -0.15) is 5.26 Å². The van der Waals surface area contributed by atoms with Crippen LogP contribution in [0.25, 0.3) is 10.8 Å². The van der Waals surface area contributed by atoms with Crippen molar-refractivity contribution in [2.45, 2.75) is 5.92 Å². The van der Waals surface area contributed by atoms with Gasteiger partial charge in [-0.15, -0.1) is 0 Å². The number of fused-ring (bicyclic) bond motifs is 3. The maximum atomic E-state index is 9.66. The molecule has 3 aromatic rings. The van der Waals surface area contributed by atoms with Crippen molar-refractivity contribution < 1.29 is 4.74 Å². The Morgan fingerprint density at radius 2 is 1.84 bits per heavy atom. The largest absolute Gasteiger partial charge is 0.440 e. The lowest BCUT2D eigenvalue weighted by molar-refractivity contribution is 0.398. The van der Waals surface area contributed by atoms with Gasteiger partial charge in [0.25, 0.3) is 0 Å². The number of halogens is 2. The van der Waals surface area contributed by atoms with Crippen molar-refractivity contribution in [3.63, 3.8) is 0 Å². The molecule has 1 aliphatic rings. The Kier molecular flexibility index (Phi) is 3.91. The Hall–Kier alpha value is -2.48. The summed E-state index contributed by atoms with van der Waals surface area (Å²) >= 11 is 10.0. The molecule has 122 valence electrons. The molecular weight excluding hydrogens is 400 g/mol. The van der Waals surface area contributed by atoms with Gasteiger partial charge in [-0.3, -0.25) is 0 Å². The van der Waals surface area contributed by atoms with E-state index in [1.54, 1.807) is 0 Å². The molecule has 2 N–H and O–H groups in total. The van der Waals surface area contributed by atoms with Gasteiger partial charge in [0.2, 0.25) is 5.88 Å². The van der Waals surface area contributed by atoms with Gasteiger partial charge in [0.05, 0.1) is 5.92 Å². The third-order valence-electron chi connectivity index (χ3n) is 4.35. The van der Waals surface area contributed by atoms with Crippen molar-refractivity contribution in [3.8, 4) is 11.8 Å². The van der Waals surface area contributed by atoms with Gasteiger partial charge in [-0.1, -0.05) is 63.9 Å². The summed E-state index contributed by atoms with van der Waals surface area (Å²) in [7, 11) is 0. The normalized spacial score (nSPS) is 16.3. The summed E-state index contributed by atoms with van der Waals surface area (Å²) < 4.78 is 6.78. The molecule has 0 amide bonds. The van der Waals surface area contributed by atoms with E-state index in [9.17, 15) is 5.26 Å². The number of allylic oxidation sites excluding steroid dienone is 1. The van der Waals surface area contributed by atoms with E-state index in [2.05, 4.69) is 22.0 Å². The lowest BCUT2D eigenvalue weighted by Crippen LogP contribution is -2.21. The first kappa shape index (κ1) is 16.0. The second-order valence-electron chi connectivity index (χ2n) is 5.80. The Balaban J connectivity index is 2.06. The minimum atomic E-state index is -0.326. The van der Waals surface area contributed by atoms with Crippen LogP contribution in [0.15, 0.2) is 70.5 Å². The topological polar surface area (TPSA) is 59.0 Å². The predicted molar refractivity (Wildman–Crippen MR) is 102 cm³/mol. The fourth-order valence-electron chi connectivity index (χ4n) is 3.27. The van der Waals surface area contributed by atoms with Crippen LogP contribution in [0.4, 0.5) is 0 Å². The lowest BCUT2D eigenvalue weighted by atomic mass is 9.82. The minimum absolute atomic E-state index is 0.132. The Morgan fingerprint density at radius 3 is 2.56 bits per heavy atom. The Morgan fingerprint density at radius 1 is 1.08 bits per heavy atom. The number of hydrogen-bond donors (Lipinski definition) is 1. The van der Waals surface area contributed by atoms with Crippen LogP contribution in [0.5, 0.6) is 5.75 Å². The van der Waals surface area contributed by atoms with E-state index in [1.807, 2.05) is 54.6 Å². The lowest BCUT2D eigenvalue weighted by Gasteiger charge is -2.28. The summed E-state index contributed by atoms with van der Waals surface area (Å²) in [6.45, 7) is 0. The molecule has 0 saturated heterocycles. The van der Waals surface area contributed by atoms with Crippen LogP contribution in [0.1, 0.15) is 17.0 Å². The molecule has 0 bridgehead atoms. The molecule has 25 heavy (non-hydrogen) atoms. The van der Waals surface area contributed by atoms with Gasteiger partial charge in [-0.05, 0) is 23.8 Å². The SMILES string of the molecule is N#CC1=C(N)Oc2c(cc(Cl)c3ccccc23)C1c1cccc(Br)c1. The van der Waals surface area contributed by atoms with Crippen molar-refractivity contribution >= 4 is 38.3 Å². The molecule has 0 fully saturated rings. The molecule has 1 aliphatic heterocycles. The van der Waals surface area contributed by atoms with Crippen LogP contribution in [-0.4, -0.2) is 0 Å². The number of nitrogens with zero attached hydrogens (tertiary/aromatic N) is 1. The number of benzene rings is 3. The maximum Gasteiger partial charge on any atom is 0.205 e. The van der Waals surface area contributed by atoms with Gasteiger partial charge in [0, 0.05) is 25.8 Å². The minimum Gasteiger partial charge on any atom is -0.440 e. The number of nitrogens with two attached hydrogens (primary N) is 1. The first-order chi connectivity index (χ1) is 12.1. The van der Waals surface area contributed by atoms with Crippen molar-refractivity contribution in [1.82, 2.24) is 0 Å². The first-order valence-corrected chi connectivity index (χ1v) is 8.81. The molecule has 0 radical (unpaired) electrons. The van der Waals surface area contributed by atoms with Gasteiger partial charge < -0.3 is 10.5 Å². The zero-order valence-corrected chi connectivity index (χ0v) is 15.3. The molecule has 1 unspecified atom stereocenters. The Labute approximate surface area is 158 Å². The summed E-state index contributed by atoms with van der Waals surface area (Å²) in [6, 6.07) is 19.6. The number of rotatable bonds is 1. The van der Waals surface area contributed by atoms with E-state index in [1.165, 1.54) is 0 Å². The third kappa shape index (κ3) is 2.57. The molecule has 1 heterocycles. The maximum absolute atomic E-state index is 9.66. The van der Waals surface area contributed by atoms with E-state index >= 15 is 0 Å². The average molecular weight is 412 g/mol. The fourth-order valence-corrected chi connectivity index (χ4v) is 3.97. The van der Waals surface area contributed by atoms with Gasteiger partial charge in [0.15, 0.2) is 0 Å². The zero-order chi connectivity index (χ0) is 17.6. The van der Waals surface area contributed by atoms with Gasteiger partial charge in [-0.25, -0.2) is 0 Å². The van der Waals surface area contributed by atoms with Crippen molar-refractivity contribution in [3.05, 3.63) is 86.7 Å². The zero-order valence-electron chi connectivity index (χ0n) is 13.0. The fraction of sp³-hybridized carbons (Fsp3) is 0.0500. The van der Waals surface area contributed by atoms with Crippen LogP contribution in [0.2, 0.25) is 5.02 Å². The second kappa shape index (κ2) is 6.11. The number of ether oxygens (including phenoxy) is 1.